The first-order chi connectivity index (χ1) is 14.1. The number of nitrogens with zero attached hydrogens (tertiary/aromatic N) is 1. The van der Waals surface area contributed by atoms with Gasteiger partial charge in [-0.15, -0.1) is 5.06 Å². The molecular formula is C23H17NO5. The van der Waals surface area contributed by atoms with Crippen LogP contribution in [0.2, 0.25) is 0 Å². The number of ether oxygens (including phenoxy) is 1. The highest BCUT2D eigenvalue weighted by Crippen LogP contribution is 2.26. The second-order valence-electron chi connectivity index (χ2n) is 6.41. The predicted octanol–water partition coefficient (Wildman–Crippen LogP) is 3.55. The molecule has 0 aliphatic carbocycles. The normalized spacial score (nSPS) is 12.9. The molecule has 2 amide bonds. The smallest absolute Gasteiger partial charge is 0.335 e. The first-order valence-electron chi connectivity index (χ1n) is 9.05. The van der Waals surface area contributed by atoms with Crippen LogP contribution in [-0.2, 0) is 14.4 Å². The summed E-state index contributed by atoms with van der Waals surface area (Å²) in [4.78, 5) is 42.3. The number of amides is 2. The van der Waals surface area contributed by atoms with E-state index in [1.807, 2.05) is 60.7 Å². The van der Waals surface area contributed by atoms with Gasteiger partial charge < -0.3 is 4.74 Å². The summed E-state index contributed by atoms with van der Waals surface area (Å²) >= 11 is 0. The van der Waals surface area contributed by atoms with E-state index in [9.17, 15) is 14.4 Å². The van der Waals surface area contributed by atoms with Crippen molar-refractivity contribution in [3.63, 3.8) is 0 Å². The van der Waals surface area contributed by atoms with Gasteiger partial charge >= 0.3 is 5.97 Å². The number of hydrogen-bond donors (Lipinski definition) is 0. The Kier molecular flexibility index (Phi) is 5.18. The molecule has 144 valence electrons. The van der Waals surface area contributed by atoms with E-state index in [0.29, 0.717) is 5.06 Å². The summed E-state index contributed by atoms with van der Waals surface area (Å²) in [5, 5.41) is 0.603. The number of hydrogen-bond acceptors (Lipinski definition) is 5. The van der Waals surface area contributed by atoms with Gasteiger partial charge in [0.15, 0.2) is 12.7 Å². The van der Waals surface area contributed by atoms with Crippen LogP contribution in [0.1, 0.15) is 37.9 Å². The number of benzene rings is 3. The van der Waals surface area contributed by atoms with Crippen LogP contribution in [-0.4, -0.2) is 29.5 Å². The highest BCUT2D eigenvalue weighted by molar-refractivity contribution is 6.20. The van der Waals surface area contributed by atoms with Crippen LogP contribution in [0.5, 0.6) is 0 Å². The van der Waals surface area contributed by atoms with Gasteiger partial charge in [0.25, 0.3) is 11.8 Å². The van der Waals surface area contributed by atoms with E-state index in [0.717, 1.165) is 11.1 Å². The summed E-state index contributed by atoms with van der Waals surface area (Å²) in [6.45, 7) is -0.568. The number of hydroxylamine groups is 2. The SMILES string of the molecule is O=C(CON1C(=O)c2ccccc2C1=O)OC(c1ccccc1)c1ccccc1. The van der Waals surface area contributed by atoms with Crippen molar-refractivity contribution in [2.45, 2.75) is 6.10 Å². The van der Waals surface area contributed by atoms with Gasteiger partial charge in [0, 0.05) is 0 Å². The molecule has 0 spiro atoms. The van der Waals surface area contributed by atoms with Crippen molar-refractivity contribution in [2.24, 2.45) is 0 Å². The fourth-order valence-electron chi connectivity index (χ4n) is 3.15. The van der Waals surface area contributed by atoms with Gasteiger partial charge in [0.05, 0.1) is 11.1 Å². The third-order valence-corrected chi connectivity index (χ3v) is 4.52. The van der Waals surface area contributed by atoms with E-state index in [1.165, 1.54) is 12.1 Å². The third kappa shape index (κ3) is 3.79. The van der Waals surface area contributed by atoms with E-state index in [-0.39, 0.29) is 11.1 Å². The minimum atomic E-state index is -0.695. The lowest BCUT2D eigenvalue weighted by molar-refractivity contribution is -0.165. The number of imide groups is 1. The van der Waals surface area contributed by atoms with E-state index in [4.69, 9.17) is 9.57 Å². The summed E-state index contributed by atoms with van der Waals surface area (Å²) in [5.74, 6) is -1.89. The molecule has 0 bridgehead atoms. The minimum Gasteiger partial charge on any atom is -0.451 e. The molecule has 0 saturated carbocycles. The number of carbonyl (C=O) groups is 3. The number of esters is 1. The summed E-state index contributed by atoms with van der Waals surface area (Å²) in [5.41, 5.74) is 2.09. The molecule has 0 fully saturated rings. The minimum absolute atomic E-state index is 0.248. The number of fused-ring (bicyclic) bond motifs is 1. The average Bonchev–Trinajstić information content (AvgIpc) is 3.02. The highest BCUT2D eigenvalue weighted by Gasteiger charge is 2.37. The van der Waals surface area contributed by atoms with Crippen molar-refractivity contribution in [3.05, 3.63) is 107 Å². The molecule has 1 aliphatic heterocycles. The molecule has 3 aromatic rings. The lowest BCUT2D eigenvalue weighted by Gasteiger charge is -2.20. The van der Waals surface area contributed by atoms with Crippen molar-refractivity contribution in [1.82, 2.24) is 5.06 Å². The Morgan fingerprint density at radius 1 is 0.724 bits per heavy atom. The second kappa shape index (κ2) is 8.08. The van der Waals surface area contributed by atoms with Crippen LogP contribution in [0.15, 0.2) is 84.9 Å². The third-order valence-electron chi connectivity index (χ3n) is 4.52. The summed E-state index contributed by atoms with van der Waals surface area (Å²) in [7, 11) is 0. The molecule has 1 heterocycles. The average molecular weight is 387 g/mol. The van der Waals surface area contributed by atoms with E-state index < -0.39 is 30.5 Å². The number of rotatable bonds is 6. The zero-order valence-electron chi connectivity index (χ0n) is 15.4. The van der Waals surface area contributed by atoms with Gasteiger partial charge in [-0.3, -0.25) is 14.4 Å². The summed E-state index contributed by atoms with van der Waals surface area (Å²) in [6.07, 6.45) is -0.629. The number of carbonyl (C=O) groups excluding carboxylic acids is 3. The van der Waals surface area contributed by atoms with Gasteiger partial charge in [0.1, 0.15) is 0 Å². The van der Waals surface area contributed by atoms with Crippen molar-refractivity contribution in [1.29, 1.82) is 0 Å². The van der Waals surface area contributed by atoms with Crippen molar-refractivity contribution < 1.29 is 24.0 Å². The maximum atomic E-state index is 12.4. The van der Waals surface area contributed by atoms with E-state index >= 15 is 0 Å². The van der Waals surface area contributed by atoms with Crippen LogP contribution in [0, 0.1) is 0 Å². The fraction of sp³-hybridized carbons (Fsp3) is 0.0870. The Balaban J connectivity index is 1.46. The van der Waals surface area contributed by atoms with Gasteiger partial charge in [-0.1, -0.05) is 72.8 Å². The molecule has 0 aromatic heterocycles. The topological polar surface area (TPSA) is 72.9 Å². The van der Waals surface area contributed by atoms with Gasteiger partial charge in [-0.25, -0.2) is 4.79 Å². The molecule has 6 nitrogen and oxygen atoms in total. The van der Waals surface area contributed by atoms with E-state index in [2.05, 4.69) is 0 Å². The molecular weight excluding hydrogens is 370 g/mol. The van der Waals surface area contributed by atoms with E-state index in [1.54, 1.807) is 12.1 Å². The fourth-order valence-corrected chi connectivity index (χ4v) is 3.15. The Bertz CT molecular complexity index is 975. The Hall–Kier alpha value is -3.77. The molecule has 29 heavy (non-hydrogen) atoms. The molecule has 0 saturated heterocycles. The standard InChI is InChI=1S/C23H17NO5/c25-20(15-28-24-22(26)18-13-7-8-14-19(18)23(24)27)29-21(16-9-3-1-4-10-16)17-11-5-2-6-12-17/h1-14,21H,15H2. The Morgan fingerprint density at radius 3 is 1.66 bits per heavy atom. The molecule has 3 aromatic carbocycles. The molecule has 0 N–H and O–H groups in total. The maximum absolute atomic E-state index is 12.4. The summed E-state index contributed by atoms with van der Waals surface area (Å²) in [6, 6.07) is 25.0. The molecule has 4 rings (SSSR count). The second-order valence-corrected chi connectivity index (χ2v) is 6.41. The van der Waals surface area contributed by atoms with Crippen LogP contribution < -0.4 is 0 Å². The lowest BCUT2D eigenvalue weighted by Crippen LogP contribution is -2.33. The lowest BCUT2D eigenvalue weighted by atomic mass is 10.0. The molecule has 0 radical (unpaired) electrons. The van der Waals surface area contributed by atoms with Gasteiger partial charge in [-0.2, -0.15) is 0 Å². The first kappa shape index (κ1) is 18.6. The van der Waals surface area contributed by atoms with Crippen LogP contribution >= 0.6 is 0 Å². The van der Waals surface area contributed by atoms with Crippen molar-refractivity contribution >= 4 is 17.8 Å². The van der Waals surface area contributed by atoms with Crippen molar-refractivity contribution in [2.75, 3.05) is 6.61 Å². The first-order valence-corrected chi connectivity index (χ1v) is 9.05. The monoisotopic (exact) mass is 387 g/mol. The van der Waals surface area contributed by atoms with Crippen LogP contribution in [0.4, 0.5) is 0 Å². The highest BCUT2D eigenvalue weighted by atomic mass is 16.7. The molecule has 0 unspecified atom stereocenters. The molecule has 6 heteroatoms. The zero-order chi connectivity index (χ0) is 20.2. The largest absolute Gasteiger partial charge is 0.451 e. The molecule has 0 atom stereocenters. The Morgan fingerprint density at radius 2 is 1.17 bits per heavy atom. The van der Waals surface area contributed by atoms with Crippen molar-refractivity contribution in [3.8, 4) is 0 Å². The summed E-state index contributed by atoms with van der Waals surface area (Å²) < 4.78 is 5.62. The van der Waals surface area contributed by atoms with Crippen LogP contribution in [0.3, 0.4) is 0 Å². The zero-order valence-corrected chi connectivity index (χ0v) is 15.4. The quantitative estimate of drug-likeness (QED) is 0.478. The Labute approximate surface area is 167 Å². The predicted molar refractivity (Wildman–Crippen MR) is 104 cm³/mol. The van der Waals surface area contributed by atoms with Crippen LogP contribution in [0.25, 0.3) is 0 Å². The van der Waals surface area contributed by atoms with Gasteiger partial charge in [0.2, 0.25) is 0 Å². The van der Waals surface area contributed by atoms with Gasteiger partial charge in [-0.05, 0) is 23.3 Å². The maximum Gasteiger partial charge on any atom is 0.335 e. The molecule has 1 aliphatic rings.